The van der Waals surface area contributed by atoms with Gasteiger partial charge in [0.1, 0.15) is 5.75 Å². The second-order valence-corrected chi connectivity index (χ2v) is 3.37. The van der Waals surface area contributed by atoms with Crippen LogP contribution in [0, 0.1) is 0 Å². The van der Waals surface area contributed by atoms with Gasteiger partial charge in [-0.3, -0.25) is 4.79 Å². The summed E-state index contributed by atoms with van der Waals surface area (Å²) in [5, 5.41) is 0. The lowest BCUT2D eigenvalue weighted by Crippen LogP contribution is -2.00. The average molecular weight is 210 g/mol. The molecule has 2 nitrogen and oxygen atoms in total. The Morgan fingerprint density at radius 2 is 2.14 bits per heavy atom. The van der Waals surface area contributed by atoms with E-state index in [4.69, 9.17) is 4.74 Å². The van der Waals surface area contributed by atoms with Gasteiger partial charge in [-0.05, 0) is 25.1 Å². The largest absolute Gasteiger partial charge is 0.494 e. The number of benzene rings is 1. The van der Waals surface area contributed by atoms with E-state index >= 15 is 0 Å². The number of hydrogen-bond donors (Lipinski definition) is 1. The van der Waals surface area contributed by atoms with Crippen molar-refractivity contribution in [2.45, 2.75) is 25.2 Å². The summed E-state index contributed by atoms with van der Waals surface area (Å²) in [6.07, 6.45) is 0.489. The van der Waals surface area contributed by atoms with Crippen molar-refractivity contribution >= 4 is 18.4 Å². The lowest BCUT2D eigenvalue weighted by atomic mass is 10.1. The molecule has 3 heteroatoms. The monoisotopic (exact) mass is 210 g/mol. The summed E-state index contributed by atoms with van der Waals surface area (Å²) in [6.45, 7) is 4.35. The molecule has 0 atom stereocenters. The first-order valence-corrected chi connectivity index (χ1v) is 5.12. The minimum Gasteiger partial charge on any atom is -0.494 e. The summed E-state index contributed by atoms with van der Waals surface area (Å²) in [6, 6.07) is 5.35. The number of thiol groups is 1. The van der Waals surface area contributed by atoms with E-state index in [9.17, 15) is 4.79 Å². The van der Waals surface area contributed by atoms with Crippen LogP contribution in [0.15, 0.2) is 23.1 Å². The quantitative estimate of drug-likeness (QED) is 0.611. The van der Waals surface area contributed by atoms with Gasteiger partial charge < -0.3 is 4.74 Å². The molecule has 0 aliphatic rings. The number of carbonyl (C=O) groups excluding carboxylic acids is 1. The minimum absolute atomic E-state index is 0.0940. The van der Waals surface area contributed by atoms with Gasteiger partial charge in [0.25, 0.3) is 0 Å². The van der Waals surface area contributed by atoms with E-state index in [0.29, 0.717) is 23.5 Å². The van der Waals surface area contributed by atoms with Crippen LogP contribution in [0.3, 0.4) is 0 Å². The van der Waals surface area contributed by atoms with Gasteiger partial charge in [-0.1, -0.05) is 6.92 Å². The molecule has 0 aliphatic carbocycles. The van der Waals surface area contributed by atoms with E-state index in [0.717, 1.165) is 5.75 Å². The number of Topliss-reactive ketones (excluding diaryl/α,β-unsaturated/α-hetero) is 1. The van der Waals surface area contributed by atoms with Crippen LogP contribution in [0.2, 0.25) is 0 Å². The molecule has 0 spiro atoms. The third-order valence-electron chi connectivity index (χ3n) is 1.90. The Balaban J connectivity index is 3.01. The normalized spacial score (nSPS) is 9.93. The van der Waals surface area contributed by atoms with Crippen molar-refractivity contribution in [2.24, 2.45) is 0 Å². The molecule has 0 amide bonds. The summed E-state index contributed by atoms with van der Waals surface area (Å²) in [4.78, 5) is 12.2. The van der Waals surface area contributed by atoms with Gasteiger partial charge in [0, 0.05) is 16.9 Å². The summed E-state index contributed by atoms with van der Waals surface area (Å²) in [5.74, 6) is 0.818. The fourth-order valence-electron chi connectivity index (χ4n) is 1.19. The Hall–Kier alpha value is -0.960. The van der Waals surface area contributed by atoms with E-state index < -0.39 is 0 Å². The van der Waals surface area contributed by atoms with Gasteiger partial charge in [0.05, 0.1) is 6.61 Å². The van der Waals surface area contributed by atoms with Crippen molar-refractivity contribution in [3.63, 3.8) is 0 Å². The second-order valence-electron chi connectivity index (χ2n) is 2.89. The molecule has 1 aromatic rings. The number of hydrogen-bond acceptors (Lipinski definition) is 3. The SMILES string of the molecule is CCOc1ccc(S)c(C(=O)CC)c1. The first-order valence-electron chi connectivity index (χ1n) is 4.68. The zero-order chi connectivity index (χ0) is 10.6. The molecule has 0 heterocycles. The van der Waals surface area contributed by atoms with Crippen molar-refractivity contribution in [1.82, 2.24) is 0 Å². The van der Waals surface area contributed by atoms with Crippen LogP contribution in [0.1, 0.15) is 30.6 Å². The fraction of sp³-hybridized carbons (Fsp3) is 0.364. The van der Waals surface area contributed by atoms with Gasteiger partial charge in [0.2, 0.25) is 0 Å². The van der Waals surface area contributed by atoms with E-state index in [-0.39, 0.29) is 5.78 Å². The van der Waals surface area contributed by atoms with Gasteiger partial charge in [-0.2, -0.15) is 0 Å². The molecular formula is C11H14O2S. The van der Waals surface area contributed by atoms with Crippen LogP contribution in [0.25, 0.3) is 0 Å². The molecule has 0 radical (unpaired) electrons. The predicted molar refractivity (Wildman–Crippen MR) is 59.5 cm³/mol. The Labute approximate surface area is 89.7 Å². The van der Waals surface area contributed by atoms with Crippen molar-refractivity contribution < 1.29 is 9.53 Å². The van der Waals surface area contributed by atoms with Crippen LogP contribution in [0.5, 0.6) is 5.75 Å². The van der Waals surface area contributed by atoms with Crippen LogP contribution in [0.4, 0.5) is 0 Å². The first kappa shape index (κ1) is 11.1. The smallest absolute Gasteiger partial charge is 0.163 e. The zero-order valence-electron chi connectivity index (χ0n) is 8.41. The highest BCUT2D eigenvalue weighted by Gasteiger charge is 2.08. The maximum Gasteiger partial charge on any atom is 0.163 e. The number of carbonyl (C=O) groups is 1. The van der Waals surface area contributed by atoms with Crippen molar-refractivity contribution in [2.75, 3.05) is 6.61 Å². The average Bonchev–Trinajstić information content (AvgIpc) is 2.20. The molecule has 0 bridgehead atoms. The fourth-order valence-corrected chi connectivity index (χ4v) is 1.45. The lowest BCUT2D eigenvalue weighted by Gasteiger charge is -2.07. The highest BCUT2D eigenvalue weighted by molar-refractivity contribution is 7.80. The van der Waals surface area contributed by atoms with E-state index in [2.05, 4.69) is 12.6 Å². The standard InChI is InChI=1S/C11H14O2S/c1-3-10(12)9-7-8(13-4-2)5-6-11(9)14/h5-7,14H,3-4H2,1-2H3. The Kier molecular flexibility index (Phi) is 4.01. The highest BCUT2D eigenvalue weighted by atomic mass is 32.1. The first-order chi connectivity index (χ1) is 6.69. The molecule has 76 valence electrons. The van der Waals surface area contributed by atoms with Crippen molar-refractivity contribution in [3.8, 4) is 5.75 Å². The number of ether oxygens (including phenoxy) is 1. The molecule has 0 aromatic heterocycles. The molecule has 0 saturated carbocycles. The molecule has 0 N–H and O–H groups in total. The zero-order valence-corrected chi connectivity index (χ0v) is 9.30. The summed E-state index contributed by atoms with van der Waals surface area (Å²) in [7, 11) is 0. The van der Waals surface area contributed by atoms with Crippen LogP contribution >= 0.6 is 12.6 Å². The Morgan fingerprint density at radius 3 is 2.71 bits per heavy atom. The molecule has 0 aliphatic heterocycles. The number of rotatable bonds is 4. The molecule has 14 heavy (non-hydrogen) atoms. The molecular weight excluding hydrogens is 196 g/mol. The third kappa shape index (κ3) is 2.51. The Bertz CT molecular complexity index is 334. The lowest BCUT2D eigenvalue weighted by molar-refractivity contribution is 0.0985. The molecule has 0 saturated heterocycles. The molecule has 0 fully saturated rings. The number of ketones is 1. The van der Waals surface area contributed by atoms with E-state index in [1.54, 1.807) is 12.1 Å². The van der Waals surface area contributed by atoms with Crippen molar-refractivity contribution in [1.29, 1.82) is 0 Å². The second kappa shape index (κ2) is 5.05. The van der Waals surface area contributed by atoms with E-state index in [1.165, 1.54) is 0 Å². The molecule has 0 unspecified atom stereocenters. The van der Waals surface area contributed by atoms with Crippen LogP contribution in [-0.4, -0.2) is 12.4 Å². The van der Waals surface area contributed by atoms with E-state index in [1.807, 2.05) is 19.9 Å². The maximum absolute atomic E-state index is 11.5. The summed E-state index contributed by atoms with van der Waals surface area (Å²) >= 11 is 4.23. The van der Waals surface area contributed by atoms with Gasteiger partial charge in [-0.15, -0.1) is 12.6 Å². The minimum atomic E-state index is 0.0940. The Morgan fingerprint density at radius 1 is 1.43 bits per heavy atom. The predicted octanol–water partition coefficient (Wildman–Crippen LogP) is 2.97. The third-order valence-corrected chi connectivity index (χ3v) is 2.29. The topological polar surface area (TPSA) is 26.3 Å². The molecule has 1 rings (SSSR count). The summed E-state index contributed by atoms with van der Waals surface area (Å²) in [5.41, 5.74) is 0.641. The van der Waals surface area contributed by atoms with Gasteiger partial charge >= 0.3 is 0 Å². The van der Waals surface area contributed by atoms with Crippen LogP contribution < -0.4 is 4.74 Å². The van der Waals surface area contributed by atoms with Gasteiger partial charge in [-0.25, -0.2) is 0 Å². The maximum atomic E-state index is 11.5. The summed E-state index contributed by atoms with van der Waals surface area (Å²) < 4.78 is 5.31. The van der Waals surface area contributed by atoms with Gasteiger partial charge in [0.15, 0.2) is 5.78 Å². The van der Waals surface area contributed by atoms with Crippen molar-refractivity contribution in [3.05, 3.63) is 23.8 Å². The highest BCUT2D eigenvalue weighted by Crippen LogP contribution is 2.21. The van der Waals surface area contributed by atoms with Crippen LogP contribution in [-0.2, 0) is 0 Å². The molecule has 1 aromatic carbocycles.